The van der Waals surface area contributed by atoms with Crippen LogP contribution in [0, 0.1) is 0 Å². The maximum atomic E-state index is 13.0. The summed E-state index contributed by atoms with van der Waals surface area (Å²) in [5, 5.41) is 10.6. The van der Waals surface area contributed by atoms with Gasteiger partial charge in [-0.2, -0.15) is 5.10 Å². The molecule has 2 N–H and O–H groups in total. The molecule has 2 heterocycles. The predicted molar refractivity (Wildman–Crippen MR) is 109 cm³/mol. The fourth-order valence-electron chi connectivity index (χ4n) is 3.23. The van der Waals surface area contributed by atoms with Crippen LogP contribution in [0.4, 0.5) is 0 Å². The number of carbonyl (C=O) groups is 2. The van der Waals surface area contributed by atoms with Crippen LogP contribution in [-0.4, -0.2) is 70.1 Å². The summed E-state index contributed by atoms with van der Waals surface area (Å²) < 4.78 is 0. The highest BCUT2D eigenvalue weighted by Crippen LogP contribution is 2.24. The molecule has 0 saturated carbocycles. The molecule has 0 atom stereocenters. The minimum atomic E-state index is -0.242. The second-order valence-corrected chi connectivity index (χ2v) is 8.47. The number of amides is 2. The highest BCUT2D eigenvalue weighted by Gasteiger charge is 2.26. The molecule has 0 unspecified atom stereocenters. The van der Waals surface area contributed by atoms with Crippen LogP contribution in [0.3, 0.4) is 0 Å². The maximum absolute atomic E-state index is 13.0. The number of nitrogens with zero attached hydrogens (tertiary/aromatic N) is 3. The van der Waals surface area contributed by atoms with Gasteiger partial charge in [-0.1, -0.05) is 23.7 Å². The summed E-state index contributed by atoms with van der Waals surface area (Å²) in [5.74, 6) is -0.0513. The number of aromatic nitrogens is 2. The number of nitrogens with one attached hydrogen (secondary N) is 2. The van der Waals surface area contributed by atoms with Crippen LogP contribution < -0.4 is 5.32 Å². The first-order valence-electron chi connectivity index (χ1n) is 9.35. The Balaban J connectivity index is 1.60. The molecule has 2 aromatic rings. The molecule has 2 amide bonds. The molecule has 1 fully saturated rings. The van der Waals surface area contributed by atoms with Crippen LogP contribution in [0.15, 0.2) is 30.5 Å². The molecule has 8 heteroatoms. The Bertz CT molecular complexity index is 833. The first-order chi connectivity index (χ1) is 13.2. The van der Waals surface area contributed by atoms with E-state index in [9.17, 15) is 9.59 Å². The first kappa shape index (κ1) is 20.4. The van der Waals surface area contributed by atoms with E-state index in [0.717, 1.165) is 5.56 Å². The predicted octanol–water partition coefficient (Wildman–Crippen LogP) is 2.40. The van der Waals surface area contributed by atoms with Crippen molar-refractivity contribution in [3.8, 4) is 11.3 Å². The molecule has 1 aliphatic heterocycles. The summed E-state index contributed by atoms with van der Waals surface area (Å²) in [4.78, 5) is 29.0. The minimum absolute atomic E-state index is 0.00661. The largest absolute Gasteiger partial charge is 0.350 e. The van der Waals surface area contributed by atoms with Crippen molar-refractivity contribution >= 4 is 23.4 Å². The Morgan fingerprint density at radius 3 is 2.39 bits per heavy atom. The lowest BCUT2D eigenvalue weighted by atomic mass is 10.1. The van der Waals surface area contributed by atoms with Crippen molar-refractivity contribution < 1.29 is 9.59 Å². The molecule has 1 aliphatic rings. The average molecular weight is 404 g/mol. The van der Waals surface area contributed by atoms with Crippen molar-refractivity contribution in [2.24, 2.45) is 0 Å². The van der Waals surface area contributed by atoms with Gasteiger partial charge in [-0.15, -0.1) is 0 Å². The van der Waals surface area contributed by atoms with Crippen molar-refractivity contribution in [3.05, 3.63) is 41.0 Å². The van der Waals surface area contributed by atoms with Crippen LogP contribution in [0.5, 0.6) is 0 Å². The van der Waals surface area contributed by atoms with Gasteiger partial charge in [-0.05, 0) is 32.9 Å². The van der Waals surface area contributed by atoms with Crippen LogP contribution in [0.2, 0.25) is 5.02 Å². The summed E-state index contributed by atoms with van der Waals surface area (Å²) in [6.45, 7) is 8.72. The number of halogens is 1. The van der Waals surface area contributed by atoms with Crippen molar-refractivity contribution in [2.75, 3.05) is 32.7 Å². The van der Waals surface area contributed by atoms with Gasteiger partial charge < -0.3 is 10.2 Å². The number of piperazine rings is 1. The zero-order valence-electron chi connectivity index (χ0n) is 16.5. The molecule has 0 aliphatic carbocycles. The average Bonchev–Trinajstić information content (AvgIpc) is 3.10. The number of rotatable bonds is 4. The van der Waals surface area contributed by atoms with E-state index in [1.807, 2.05) is 37.8 Å². The van der Waals surface area contributed by atoms with Crippen molar-refractivity contribution in [1.82, 2.24) is 25.3 Å². The monoisotopic (exact) mass is 403 g/mol. The summed E-state index contributed by atoms with van der Waals surface area (Å²) in [7, 11) is 0. The normalized spacial score (nSPS) is 15.5. The molecule has 150 valence electrons. The highest BCUT2D eigenvalue weighted by molar-refractivity contribution is 6.30. The molecule has 0 bridgehead atoms. The van der Waals surface area contributed by atoms with Gasteiger partial charge in [-0.3, -0.25) is 19.6 Å². The third-order valence-electron chi connectivity index (χ3n) is 4.54. The van der Waals surface area contributed by atoms with Gasteiger partial charge in [-0.25, -0.2) is 0 Å². The Morgan fingerprint density at radius 1 is 1.14 bits per heavy atom. The fourth-order valence-corrected chi connectivity index (χ4v) is 3.35. The number of aromatic amines is 1. The standard InChI is InChI=1S/C20H26ClN5O2/c1-20(2,3)23-17(27)13-25-8-10-26(11-9-25)19(28)16-12-22-24-18(16)14-4-6-15(21)7-5-14/h4-7,12H,8-11,13H2,1-3H3,(H,22,24)(H,23,27). The van der Waals surface area contributed by atoms with Crippen molar-refractivity contribution in [2.45, 2.75) is 26.3 Å². The number of H-pyrrole nitrogens is 1. The van der Waals surface area contributed by atoms with E-state index in [2.05, 4.69) is 20.4 Å². The van der Waals surface area contributed by atoms with Gasteiger partial charge in [0.1, 0.15) is 0 Å². The van der Waals surface area contributed by atoms with Gasteiger partial charge in [0.2, 0.25) is 5.91 Å². The fraction of sp³-hybridized carbons (Fsp3) is 0.450. The maximum Gasteiger partial charge on any atom is 0.257 e. The van der Waals surface area contributed by atoms with Crippen LogP contribution in [-0.2, 0) is 4.79 Å². The lowest BCUT2D eigenvalue weighted by Gasteiger charge is -2.34. The molecule has 1 aromatic carbocycles. The molecular weight excluding hydrogens is 378 g/mol. The van der Waals surface area contributed by atoms with E-state index in [1.165, 1.54) is 0 Å². The third-order valence-corrected chi connectivity index (χ3v) is 4.80. The molecule has 1 saturated heterocycles. The van der Waals surface area contributed by atoms with Crippen LogP contribution in [0.1, 0.15) is 31.1 Å². The second-order valence-electron chi connectivity index (χ2n) is 8.03. The first-order valence-corrected chi connectivity index (χ1v) is 9.73. The lowest BCUT2D eigenvalue weighted by molar-refractivity contribution is -0.124. The molecule has 0 radical (unpaired) electrons. The summed E-state index contributed by atoms with van der Waals surface area (Å²) in [6, 6.07) is 7.29. The van der Waals surface area contributed by atoms with E-state index in [4.69, 9.17) is 11.6 Å². The van der Waals surface area contributed by atoms with E-state index in [-0.39, 0.29) is 17.4 Å². The Labute approximate surface area is 170 Å². The van der Waals surface area contributed by atoms with Gasteiger partial charge in [0.15, 0.2) is 0 Å². The summed E-state index contributed by atoms with van der Waals surface area (Å²) >= 11 is 5.95. The second kappa shape index (κ2) is 8.32. The smallest absolute Gasteiger partial charge is 0.257 e. The molecule has 28 heavy (non-hydrogen) atoms. The Hall–Kier alpha value is -2.38. The topological polar surface area (TPSA) is 81.3 Å². The van der Waals surface area contributed by atoms with Crippen LogP contribution in [0.25, 0.3) is 11.3 Å². The van der Waals surface area contributed by atoms with Crippen LogP contribution >= 0.6 is 11.6 Å². The van der Waals surface area contributed by atoms with E-state index in [0.29, 0.717) is 49.0 Å². The molecule has 3 rings (SSSR count). The quantitative estimate of drug-likeness (QED) is 0.821. The number of benzene rings is 1. The van der Waals surface area contributed by atoms with E-state index in [1.54, 1.807) is 18.3 Å². The number of hydrogen-bond donors (Lipinski definition) is 2. The molecule has 7 nitrogen and oxygen atoms in total. The lowest BCUT2D eigenvalue weighted by Crippen LogP contribution is -2.52. The number of carbonyl (C=O) groups excluding carboxylic acids is 2. The highest BCUT2D eigenvalue weighted by atomic mass is 35.5. The van der Waals surface area contributed by atoms with Gasteiger partial charge in [0, 0.05) is 42.3 Å². The Kier molecular flexibility index (Phi) is 6.05. The summed E-state index contributed by atoms with van der Waals surface area (Å²) in [6.07, 6.45) is 1.56. The minimum Gasteiger partial charge on any atom is -0.350 e. The number of hydrogen-bond acceptors (Lipinski definition) is 4. The zero-order chi connectivity index (χ0) is 20.3. The Morgan fingerprint density at radius 2 is 1.79 bits per heavy atom. The molecule has 0 spiro atoms. The van der Waals surface area contributed by atoms with Gasteiger partial charge in [0.25, 0.3) is 5.91 Å². The van der Waals surface area contributed by atoms with Crippen molar-refractivity contribution in [1.29, 1.82) is 0 Å². The SMILES string of the molecule is CC(C)(C)NC(=O)CN1CCN(C(=O)c2cn[nH]c2-c2ccc(Cl)cc2)CC1. The van der Waals surface area contributed by atoms with Crippen molar-refractivity contribution in [3.63, 3.8) is 0 Å². The molecule has 1 aromatic heterocycles. The van der Waals surface area contributed by atoms with E-state index < -0.39 is 0 Å². The summed E-state index contributed by atoms with van der Waals surface area (Å²) in [5.41, 5.74) is 1.85. The van der Waals surface area contributed by atoms with Gasteiger partial charge in [0.05, 0.1) is 24.0 Å². The van der Waals surface area contributed by atoms with E-state index >= 15 is 0 Å². The molecular formula is C20H26ClN5O2. The van der Waals surface area contributed by atoms with Gasteiger partial charge >= 0.3 is 0 Å². The third kappa shape index (κ3) is 5.11. The zero-order valence-corrected chi connectivity index (χ0v) is 17.2.